The maximum absolute atomic E-state index is 12.4. The number of H-pyrrole nitrogens is 1. The van der Waals surface area contributed by atoms with Crippen molar-refractivity contribution in [3.05, 3.63) is 76.0 Å². The number of methoxy groups -OCH3 is 1. The number of rotatable bonds is 5. The summed E-state index contributed by atoms with van der Waals surface area (Å²) in [6.45, 7) is 3.83. The van der Waals surface area contributed by atoms with Gasteiger partial charge in [-0.2, -0.15) is 0 Å². The van der Waals surface area contributed by atoms with Gasteiger partial charge in [-0.05, 0) is 44.5 Å². The highest BCUT2D eigenvalue weighted by Gasteiger charge is 2.27. The Bertz CT molecular complexity index is 1030. The van der Waals surface area contributed by atoms with Crippen molar-refractivity contribution < 1.29 is 4.74 Å². The molecule has 1 fully saturated rings. The van der Waals surface area contributed by atoms with Crippen LogP contribution in [0, 0.1) is 6.92 Å². The summed E-state index contributed by atoms with van der Waals surface area (Å²) < 4.78 is 5.57. The van der Waals surface area contributed by atoms with Crippen LogP contribution in [0.1, 0.15) is 42.1 Å². The van der Waals surface area contributed by atoms with Crippen molar-refractivity contribution in [2.45, 2.75) is 38.8 Å². The number of benzene rings is 1. The number of pyridine rings is 1. The second kappa shape index (κ2) is 8.57. The fourth-order valence-corrected chi connectivity index (χ4v) is 4.05. The average molecular weight is 390 g/mol. The normalized spacial score (nSPS) is 17.2. The molecule has 6 nitrogen and oxygen atoms in total. The molecular formula is C23H26N4O2. The molecule has 0 aliphatic carbocycles. The molecule has 1 saturated heterocycles. The number of piperidine rings is 1. The van der Waals surface area contributed by atoms with E-state index in [2.05, 4.69) is 33.9 Å². The highest BCUT2D eigenvalue weighted by atomic mass is 16.5. The number of nitrogens with zero attached hydrogens (tertiary/aromatic N) is 3. The van der Waals surface area contributed by atoms with E-state index in [0.29, 0.717) is 5.82 Å². The number of nitrogens with one attached hydrogen (secondary N) is 1. The van der Waals surface area contributed by atoms with Gasteiger partial charge in [0.05, 0.1) is 18.8 Å². The van der Waals surface area contributed by atoms with Crippen LogP contribution in [0.15, 0.2) is 53.6 Å². The van der Waals surface area contributed by atoms with E-state index in [1.165, 1.54) is 5.56 Å². The van der Waals surface area contributed by atoms with E-state index < -0.39 is 0 Å². The molecule has 1 aromatic carbocycles. The molecule has 6 heteroatoms. The molecular weight excluding hydrogens is 364 g/mol. The van der Waals surface area contributed by atoms with Gasteiger partial charge in [-0.25, -0.2) is 4.98 Å². The lowest BCUT2D eigenvalue weighted by molar-refractivity contribution is 0.136. The zero-order chi connectivity index (χ0) is 20.2. The summed E-state index contributed by atoms with van der Waals surface area (Å²) in [5, 5.41) is 0. The lowest BCUT2D eigenvalue weighted by Gasteiger charge is -2.35. The van der Waals surface area contributed by atoms with Crippen molar-refractivity contribution >= 4 is 0 Å². The van der Waals surface area contributed by atoms with Gasteiger partial charge in [0.15, 0.2) is 0 Å². The number of hydrogen-bond donors (Lipinski definition) is 1. The van der Waals surface area contributed by atoms with Crippen molar-refractivity contribution in [2.75, 3.05) is 13.7 Å². The molecule has 3 aromatic rings. The van der Waals surface area contributed by atoms with Crippen LogP contribution in [0.5, 0.6) is 5.75 Å². The third-order valence-electron chi connectivity index (χ3n) is 5.46. The first-order valence-corrected chi connectivity index (χ1v) is 10.0. The number of aromatic amines is 1. The molecule has 3 heterocycles. The Morgan fingerprint density at radius 1 is 1.24 bits per heavy atom. The van der Waals surface area contributed by atoms with Crippen molar-refractivity contribution in [3.8, 4) is 17.1 Å². The van der Waals surface area contributed by atoms with Gasteiger partial charge < -0.3 is 9.72 Å². The summed E-state index contributed by atoms with van der Waals surface area (Å²) in [5.41, 5.74) is 3.87. The lowest BCUT2D eigenvalue weighted by atomic mass is 9.97. The van der Waals surface area contributed by atoms with E-state index in [4.69, 9.17) is 9.72 Å². The van der Waals surface area contributed by atoms with Gasteiger partial charge in [0.25, 0.3) is 5.56 Å². The Morgan fingerprint density at radius 2 is 2.14 bits per heavy atom. The minimum Gasteiger partial charge on any atom is -0.496 e. The number of ether oxygens (including phenoxy) is 1. The molecule has 0 spiro atoms. The molecule has 1 aliphatic heterocycles. The lowest BCUT2D eigenvalue weighted by Crippen LogP contribution is -2.34. The van der Waals surface area contributed by atoms with Crippen LogP contribution in [0.4, 0.5) is 0 Å². The van der Waals surface area contributed by atoms with Crippen LogP contribution >= 0.6 is 0 Å². The molecule has 4 rings (SSSR count). The van der Waals surface area contributed by atoms with Crippen LogP contribution in [-0.4, -0.2) is 33.5 Å². The van der Waals surface area contributed by atoms with Gasteiger partial charge in [-0.1, -0.05) is 24.1 Å². The standard InChI is InChI=1S/C23H26N4O2/c1-16-8-9-21(29-2)18(12-16)15-27-11-4-3-7-20(27)19-13-22(28)26-23(25-19)17-6-5-10-24-14-17/h5-6,8-10,12-14,20H,3-4,7,11,15H2,1-2H3,(H,25,26,28). The molecule has 0 radical (unpaired) electrons. The molecule has 0 saturated carbocycles. The zero-order valence-corrected chi connectivity index (χ0v) is 16.9. The zero-order valence-electron chi connectivity index (χ0n) is 16.9. The van der Waals surface area contributed by atoms with E-state index in [9.17, 15) is 4.79 Å². The molecule has 0 amide bonds. The molecule has 0 bridgehead atoms. The largest absolute Gasteiger partial charge is 0.496 e. The third-order valence-corrected chi connectivity index (χ3v) is 5.46. The van der Waals surface area contributed by atoms with Crippen molar-refractivity contribution in [1.82, 2.24) is 19.9 Å². The monoisotopic (exact) mass is 390 g/mol. The number of hydrogen-bond acceptors (Lipinski definition) is 5. The first-order chi connectivity index (χ1) is 14.1. The summed E-state index contributed by atoms with van der Waals surface area (Å²) in [6.07, 6.45) is 6.69. The third kappa shape index (κ3) is 4.38. The predicted molar refractivity (Wildman–Crippen MR) is 113 cm³/mol. The van der Waals surface area contributed by atoms with Crippen LogP contribution in [0.3, 0.4) is 0 Å². The van der Waals surface area contributed by atoms with Gasteiger partial charge >= 0.3 is 0 Å². The van der Waals surface area contributed by atoms with Gasteiger partial charge in [0, 0.05) is 36.1 Å². The summed E-state index contributed by atoms with van der Waals surface area (Å²) in [5.74, 6) is 1.47. The summed E-state index contributed by atoms with van der Waals surface area (Å²) >= 11 is 0. The predicted octanol–water partition coefficient (Wildman–Crippen LogP) is 3.88. The van der Waals surface area contributed by atoms with E-state index in [1.54, 1.807) is 25.6 Å². The molecule has 1 atom stereocenters. The molecule has 1 aliphatic rings. The second-order valence-electron chi connectivity index (χ2n) is 7.56. The molecule has 150 valence electrons. The van der Waals surface area contributed by atoms with E-state index in [-0.39, 0.29) is 11.6 Å². The van der Waals surface area contributed by atoms with Gasteiger partial charge in [-0.3, -0.25) is 14.7 Å². The number of aromatic nitrogens is 3. The van der Waals surface area contributed by atoms with Crippen LogP contribution < -0.4 is 10.3 Å². The highest BCUT2D eigenvalue weighted by molar-refractivity contribution is 5.52. The van der Waals surface area contributed by atoms with Crippen molar-refractivity contribution in [1.29, 1.82) is 0 Å². The second-order valence-corrected chi connectivity index (χ2v) is 7.56. The summed E-state index contributed by atoms with van der Waals surface area (Å²) in [6, 6.07) is 11.8. The summed E-state index contributed by atoms with van der Waals surface area (Å²) in [4.78, 5) is 26.6. The van der Waals surface area contributed by atoms with Gasteiger partial charge in [0.2, 0.25) is 0 Å². The van der Waals surface area contributed by atoms with E-state index >= 15 is 0 Å². The van der Waals surface area contributed by atoms with Gasteiger partial charge in [0.1, 0.15) is 11.6 Å². The van der Waals surface area contributed by atoms with E-state index in [1.807, 2.05) is 18.2 Å². The Labute approximate surface area is 170 Å². The maximum atomic E-state index is 12.4. The van der Waals surface area contributed by atoms with Crippen LogP contribution in [0.25, 0.3) is 11.4 Å². The highest BCUT2D eigenvalue weighted by Crippen LogP contribution is 2.33. The fourth-order valence-electron chi connectivity index (χ4n) is 4.05. The smallest absolute Gasteiger partial charge is 0.251 e. The van der Waals surface area contributed by atoms with Crippen molar-refractivity contribution in [2.24, 2.45) is 0 Å². The Balaban J connectivity index is 1.67. The quantitative estimate of drug-likeness (QED) is 0.716. The van der Waals surface area contributed by atoms with Crippen LogP contribution in [-0.2, 0) is 6.54 Å². The molecule has 1 unspecified atom stereocenters. The number of aryl methyl sites for hydroxylation is 1. The average Bonchev–Trinajstić information content (AvgIpc) is 2.74. The minimum absolute atomic E-state index is 0.103. The molecule has 2 aromatic heterocycles. The van der Waals surface area contributed by atoms with E-state index in [0.717, 1.165) is 54.9 Å². The Hall–Kier alpha value is -2.99. The SMILES string of the molecule is COc1ccc(C)cc1CN1CCCCC1c1cc(=O)[nH]c(-c2cccnc2)n1. The van der Waals surface area contributed by atoms with Gasteiger partial charge in [-0.15, -0.1) is 0 Å². The minimum atomic E-state index is -0.132. The first kappa shape index (κ1) is 19.3. The van der Waals surface area contributed by atoms with Crippen LogP contribution in [0.2, 0.25) is 0 Å². The Morgan fingerprint density at radius 3 is 2.93 bits per heavy atom. The Kier molecular flexibility index (Phi) is 5.71. The first-order valence-electron chi connectivity index (χ1n) is 10.0. The molecule has 1 N–H and O–H groups in total. The topological polar surface area (TPSA) is 71.1 Å². The van der Waals surface area contributed by atoms with Crippen molar-refractivity contribution in [3.63, 3.8) is 0 Å². The fraction of sp³-hybridized carbons (Fsp3) is 0.348. The maximum Gasteiger partial charge on any atom is 0.251 e. The number of likely N-dealkylation sites (tertiary alicyclic amines) is 1. The molecule has 29 heavy (non-hydrogen) atoms. The summed E-state index contributed by atoms with van der Waals surface area (Å²) in [7, 11) is 1.71.